The summed E-state index contributed by atoms with van der Waals surface area (Å²) in [4.78, 5) is 3.22. The molecule has 166 valence electrons. The molecule has 0 fully saturated rings. The summed E-state index contributed by atoms with van der Waals surface area (Å²) in [5.74, 6) is -15.3. The number of hydrogen-bond acceptors (Lipinski definition) is 2. The van der Waals surface area contributed by atoms with Crippen LogP contribution in [0.2, 0.25) is 0 Å². The van der Waals surface area contributed by atoms with E-state index >= 15 is 0 Å². The van der Waals surface area contributed by atoms with Gasteiger partial charge in [-0.3, -0.25) is 0 Å². The van der Waals surface area contributed by atoms with Gasteiger partial charge in [0.15, 0.2) is 5.71 Å². The van der Waals surface area contributed by atoms with Gasteiger partial charge in [-0.15, -0.1) is 0 Å². The Balaban J connectivity index is 2.65. The van der Waals surface area contributed by atoms with Crippen LogP contribution in [0.15, 0.2) is 59.6 Å². The first kappa shape index (κ1) is 24.5. The second-order valence-corrected chi connectivity index (χ2v) is 6.47. The minimum atomic E-state index is -6.64. The molecule has 0 aliphatic carbocycles. The van der Waals surface area contributed by atoms with Gasteiger partial charge in [0.1, 0.15) is 5.75 Å². The normalized spacial score (nSPS) is 13.4. The van der Waals surface area contributed by atoms with Gasteiger partial charge >= 0.3 is 23.1 Å². The number of benzene rings is 2. The number of alkyl halides is 9. The van der Waals surface area contributed by atoms with E-state index in [4.69, 9.17) is 4.74 Å². The molecule has 0 heterocycles. The Morgan fingerprint density at radius 2 is 1.39 bits per heavy atom. The standard InChI is InChI=1S/C20H12ClF8NO/c1-31-15-10-8-14(9-11-15)30-16(12-7-13-5-3-2-4-6-13)17(22,23)18(24,25)19(26,27)20(21,28)29/h2-6,8-11H,1H3. The molecule has 0 radical (unpaired) electrons. The highest BCUT2D eigenvalue weighted by Crippen LogP contribution is 2.54. The Labute approximate surface area is 176 Å². The van der Waals surface area contributed by atoms with Crippen LogP contribution < -0.4 is 4.74 Å². The van der Waals surface area contributed by atoms with Gasteiger partial charge in [0, 0.05) is 5.56 Å². The maximum absolute atomic E-state index is 14.5. The van der Waals surface area contributed by atoms with Crippen molar-refractivity contribution < 1.29 is 39.9 Å². The average Bonchev–Trinajstić information content (AvgIpc) is 2.71. The Hall–Kier alpha value is -2.80. The Morgan fingerprint density at radius 1 is 0.839 bits per heavy atom. The maximum atomic E-state index is 14.5. The first-order valence-corrected chi connectivity index (χ1v) is 8.62. The summed E-state index contributed by atoms with van der Waals surface area (Å²) in [6, 6.07) is 11.6. The number of methoxy groups -OCH3 is 1. The molecule has 2 rings (SSSR count). The van der Waals surface area contributed by atoms with Crippen LogP contribution in [0.25, 0.3) is 0 Å². The average molecular weight is 470 g/mol. The molecular formula is C20H12ClF8NO. The van der Waals surface area contributed by atoms with Crippen molar-refractivity contribution in [1.82, 2.24) is 0 Å². The van der Waals surface area contributed by atoms with Gasteiger partial charge in [-0.05, 0) is 53.9 Å². The van der Waals surface area contributed by atoms with Crippen molar-refractivity contribution in [3.8, 4) is 17.6 Å². The lowest BCUT2D eigenvalue weighted by molar-refractivity contribution is -0.330. The minimum absolute atomic E-state index is 0.0541. The van der Waals surface area contributed by atoms with Crippen molar-refractivity contribution in [2.24, 2.45) is 4.99 Å². The van der Waals surface area contributed by atoms with Gasteiger partial charge in [-0.25, -0.2) is 4.99 Å². The summed E-state index contributed by atoms with van der Waals surface area (Å²) < 4.78 is 115. The van der Waals surface area contributed by atoms with Gasteiger partial charge in [-0.1, -0.05) is 24.1 Å². The van der Waals surface area contributed by atoms with Crippen molar-refractivity contribution in [3.63, 3.8) is 0 Å². The van der Waals surface area contributed by atoms with Crippen LogP contribution >= 0.6 is 11.6 Å². The molecule has 0 aliphatic rings. The first-order valence-electron chi connectivity index (χ1n) is 8.24. The van der Waals surface area contributed by atoms with E-state index in [2.05, 4.69) is 22.5 Å². The highest BCUT2D eigenvalue weighted by atomic mass is 35.5. The second kappa shape index (κ2) is 8.75. The number of nitrogens with zero attached hydrogens (tertiary/aromatic N) is 1. The molecule has 31 heavy (non-hydrogen) atoms. The molecule has 0 N–H and O–H groups in total. The highest BCUT2D eigenvalue weighted by molar-refractivity contribution is 6.22. The molecule has 2 nitrogen and oxygen atoms in total. The zero-order chi connectivity index (χ0) is 23.5. The fourth-order valence-electron chi connectivity index (χ4n) is 2.14. The van der Waals surface area contributed by atoms with E-state index in [0.29, 0.717) is 0 Å². The SMILES string of the molecule is COc1ccc(N=C(C#Cc2ccccc2)C(F)(F)C(F)(F)C(F)(F)C(F)(F)Cl)cc1. The lowest BCUT2D eigenvalue weighted by atomic mass is 9.99. The van der Waals surface area contributed by atoms with E-state index in [-0.39, 0.29) is 11.3 Å². The van der Waals surface area contributed by atoms with Gasteiger partial charge < -0.3 is 4.74 Å². The number of rotatable bonds is 6. The van der Waals surface area contributed by atoms with Crippen molar-refractivity contribution in [2.45, 2.75) is 23.1 Å². The third-order valence-electron chi connectivity index (χ3n) is 3.85. The monoisotopic (exact) mass is 469 g/mol. The largest absolute Gasteiger partial charge is 0.497 e. The smallest absolute Gasteiger partial charge is 0.393 e. The molecular weight excluding hydrogens is 458 g/mol. The maximum Gasteiger partial charge on any atom is 0.393 e. The zero-order valence-corrected chi connectivity index (χ0v) is 16.2. The number of aliphatic imine (C=N–C) groups is 1. The predicted molar refractivity (Wildman–Crippen MR) is 99.1 cm³/mol. The molecule has 0 aliphatic heterocycles. The molecule has 0 saturated heterocycles. The Kier molecular flexibility index (Phi) is 6.90. The summed E-state index contributed by atoms with van der Waals surface area (Å²) in [5.41, 5.74) is -2.40. The molecule has 0 spiro atoms. The van der Waals surface area contributed by atoms with Crippen molar-refractivity contribution in [3.05, 3.63) is 60.2 Å². The summed E-state index contributed by atoms with van der Waals surface area (Å²) >= 11 is 4.00. The molecule has 2 aromatic carbocycles. The minimum Gasteiger partial charge on any atom is -0.497 e. The number of hydrogen-bond donors (Lipinski definition) is 0. The van der Waals surface area contributed by atoms with Crippen LogP contribution in [0.4, 0.5) is 40.8 Å². The molecule has 0 amide bonds. The van der Waals surface area contributed by atoms with Crippen LogP contribution in [-0.4, -0.2) is 36.0 Å². The lowest BCUT2D eigenvalue weighted by Gasteiger charge is -2.33. The van der Waals surface area contributed by atoms with E-state index in [1.807, 2.05) is 0 Å². The van der Waals surface area contributed by atoms with E-state index in [0.717, 1.165) is 12.1 Å². The van der Waals surface area contributed by atoms with Crippen LogP contribution in [0.3, 0.4) is 0 Å². The summed E-state index contributed by atoms with van der Waals surface area (Å²) in [6.07, 6.45) is 0. The van der Waals surface area contributed by atoms with Crippen LogP contribution in [0.1, 0.15) is 5.56 Å². The van der Waals surface area contributed by atoms with Crippen LogP contribution in [-0.2, 0) is 0 Å². The fourth-order valence-corrected chi connectivity index (χ4v) is 2.26. The zero-order valence-electron chi connectivity index (χ0n) is 15.5. The van der Waals surface area contributed by atoms with E-state index in [1.54, 1.807) is 12.0 Å². The third-order valence-corrected chi connectivity index (χ3v) is 4.09. The van der Waals surface area contributed by atoms with E-state index in [9.17, 15) is 35.1 Å². The lowest BCUT2D eigenvalue weighted by Crippen LogP contribution is -2.63. The van der Waals surface area contributed by atoms with Crippen molar-refractivity contribution in [2.75, 3.05) is 7.11 Å². The summed E-state index contributed by atoms with van der Waals surface area (Å²) in [6.45, 7) is 0. The van der Waals surface area contributed by atoms with Crippen molar-refractivity contribution >= 4 is 23.0 Å². The Morgan fingerprint density at radius 3 is 1.87 bits per heavy atom. The molecule has 0 atom stereocenters. The van der Waals surface area contributed by atoms with Gasteiger partial charge in [0.05, 0.1) is 12.8 Å². The van der Waals surface area contributed by atoms with Gasteiger partial charge in [0.25, 0.3) is 0 Å². The summed E-state index contributed by atoms with van der Waals surface area (Å²) in [5, 5.41) is -5.97. The van der Waals surface area contributed by atoms with Gasteiger partial charge in [-0.2, -0.15) is 35.1 Å². The number of halogens is 9. The second-order valence-electron chi connectivity index (χ2n) is 6.00. The molecule has 0 bridgehead atoms. The van der Waals surface area contributed by atoms with Crippen molar-refractivity contribution in [1.29, 1.82) is 0 Å². The van der Waals surface area contributed by atoms with Gasteiger partial charge in [0.2, 0.25) is 0 Å². The van der Waals surface area contributed by atoms with Crippen LogP contribution in [0, 0.1) is 11.8 Å². The third kappa shape index (κ3) is 4.93. The topological polar surface area (TPSA) is 21.6 Å². The molecule has 11 heteroatoms. The Bertz CT molecular complexity index is 990. The first-order chi connectivity index (χ1) is 14.2. The molecule has 2 aromatic rings. The van der Waals surface area contributed by atoms with Crippen LogP contribution in [0.5, 0.6) is 5.75 Å². The van der Waals surface area contributed by atoms with E-state index in [1.165, 1.54) is 43.5 Å². The highest BCUT2D eigenvalue weighted by Gasteiger charge is 2.81. The number of ether oxygens (including phenoxy) is 1. The quantitative estimate of drug-likeness (QED) is 0.203. The van der Waals surface area contributed by atoms with E-state index < -0.39 is 34.5 Å². The molecule has 0 saturated carbocycles. The fraction of sp³-hybridized carbons (Fsp3) is 0.250. The predicted octanol–water partition coefficient (Wildman–Crippen LogP) is 6.56. The summed E-state index contributed by atoms with van der Waals surface area (Å²) in [7, 11) is 1.29. The molecule has 0 unspecified atom stereocenters. The molecule has 0 aromatic heterocycles.